The number of anilines is 1. The number of para-hydroxylation sites is 1. The van der Waals surface area contributed by atoms with Crippen molar-refractivity contribution in [3.63, 3.8) is 0 Å². The highest BCUT2D eigenvalue weighted by atomic mass is 16.5. The van der Waals surface area contributed by atoms with Crippen molar-refractivity contribution in [1.82, 2.24) is 0 Å². The van der Waals surface area contributed by atoms with Crippen molar-refractivity contribution in [2.24, 2.45) is 0 Å². The molecule has 1 N–H and O–H groups in total. The van der Waals surface area contributed by atoms with Gasteiger partial charge >= 0.3 is 0 Å². The molecular weight excluding hydrogens is 408 g/mol. The van der Waals surface area contributed by atoms with Crippen LogP contribution in [-0.4, -0.2) is 5.91 Å². The van der Waals surface area contributed by atoms with Gasteiger partial charge in [0.2, 0.25) is 0 Å². The van der Waals surface area contributed by atoms with E-state index in [0.29, 0.717) is 23.6 Å². The first-order valence-corrected chi connectivity index (χ1v) is 10.9. The lowest BCUT2D eigenvalue weighted by Crippen LogP contribution is -2.13. The van der Waals surface area contributed by atoms with Crippen molar-refractivity contribution in [1.29, 1.82) is 5.26 Å². The first-order valence-electron chi connectivity index (χ1n) is 10.9. The Morgan fingerprint density at radius 2 is 1.67 bits per heavy atom. The molecule has 0 radical (unpaired) electrons. The predicted octanol–water partition coefficient (Wildman–Crippen LogP) is 6.53. The Morgan fingerprint density at radius 1 is 0.939 bits per heavy atom. The second-order valence-corrected chi connectivity index (χ2v) is 7.64. The third-order valence-electron chi connectivity index (χ3n) is 5.47. The Bertz CT molecular complexity index is 1340. The van der Waals surface area contributed by atoms with Gasteiger partial charge in [0.1, 0.15) is 24.0 Å². The van der Waals surface area contributed by atoms with E-state index < -0.39 is 5.91 Å². The lowest BCUT2D eigenvalue weighted by atomic mass is 10.1. The summed E-state index contributed by atoms with van der Waals surface area (Å²) < 4.78 is 6.11. The zero-order valence-electron chi connectivity index (χ0n) is 18.4. The van der Waals surface area contributed by atoms with Crippen molar-refractivity contribution in [2.45, 2.75) is 20.0 Å². The predicted molar refractivity (Wildman–Crippen MR) is 133 cm³/mol. The quantitative estimate of drug-likeness (QED) is 0.267. The van der Waals surface area contributed by atoms with Gasteiger partial charge in [-0.25, -0.2) is 0 Å². The first kappa shape index (κ1) is 21.9. The smallest absolute Gasteiger partial charge is 0.266 e. The van der Waals surface area contributed by atoms with Crippen molar-refractivity contribution < 1.29 is 9.53 Å². The van der Waals surface area contributed by atoms with Crippen molar-refractivity contribution in [2.75, 3.05) is 5.32 Å². The molecule has 0 fully saturated rings. The number of nitriles is 1. The van der Waals surface area contributed by atoms with Crippen LogP contribution in [0, 0.1) is 11.3 Å². The zero-order valence-corrected chi connectivity index (χ0v) is 18.4. The van der Waals surface area contributed by atoms with Gasteiger partial charge in [-0.05, 0) is 52.6 Å². The summed E-state index contributed by atoms with van der Waals surface area (Å²) >= 11 is 0. The summed E-state index contributed by atoms with van der Waals surface area (Å²) in [7, 11) is 0. The molecule has 4 nitrogen and oxygen atoms in total. The van der Waals surface area contributed by atoms with E-state index in [1.165, 1.54) is 5.56 Å². The number of amides is 1. The van der Waals surface area contributed by atoms with Gasteiger partial charge in [-0.3, -0.25) is 4.79 Å². The van der Waals surface area contributed by atoms with Crippen LogP contribution in [-0.2, 0) is 17.8 Å². The molecule has 0 bridgehead atoms. The molecular formula is C29H24N2O2. The maximum atomic E-state index is 12.7. The van der Waals surface area contributed by atoms with E-state index in [4.69, 9.17) is 4.74 Å². The van der Waals surface area contributed by atoms with Crippen LogP contribution in [0.2, 0.25) is 0 Å². The molecule has 0 unspecified atom stereocenters. The Balaban J connectivity index is 1.53. The number of benzene rings is 4. The van der Waals surface area contributed by atoms with E-state index in [1.54, 1.807) is 6.08 Å². The van der Waals surface area contributed by atoms with Crippen LogP contribution >= 0.6 is 0 Å². The summed E-state index contributed by atoms with van der Waals surface area (Å²) in [5.74, 6) is 0.156. The highest BCUT2D eigenvalue weighted by Gasteiger charge is 2.12. The number of hydrogen-bond acceptors (Lipinski definition) is 3. The SMILES string of the molecule is CCc1ccc(NC(=O)/C(C#N)=C/c2ccccc2OCc2cccc3ccccc23)cc1. The highest BCUT2D eigenvalue weighted by Crippen LogP contribution is 2.25. The average molecular weight is 433 g/mol. The topological polar surface area (TPSA) is 62.1 Å². The minimum absolute atomic E-state index is 0.00998. The molecule has 162 valence electrons. The van der Waals surface area contributed by atoms with E-state index in [9.17, 15) is 10.1 Å². The summed E-state index contributed by atoms with van der Waals surface area (Å²) in [4.78, 5) is 12.7. The highest BCUT2D eigenvalue weighted by molar-refractivity contribution is 6.09. The van der Waals surface area contributed by atoms with Crippen LogP contribution in [0.25, 0.3) is 16.8 Å². The molecule has 4 aromatic rings. The largest absolute Gasteiger partial charge is 0.488 e. The van der Waals surface area contributed by atoms with E-state index in [2.05, 4.69) is 30.4 Å². The van der Waals surface area contributed by atoms with E-state index >= 15 is 0 Å². The molecule has 0 spiro atoms. The third-order valence-corrected chi connectivity index (χ3v) is 5.47. The molecule has 0 aliphatic heterocycles. The maximum Gasteiger partial charge on any atom is 0.266 e. The molecule has 4 rings (SSSR count). The Kier molecular flexibility index (Phi) is 6.82. The molecule has 0 aromatic heterocycles. The second-order valence-electron chi connectivity index (χ2n) is 7.64. The van der Waals surface area contributed by atoms with Crippen LogP contribution in [0.3, 0.4) is 0 Å². The Hall–Kier alpha value is -4.36. The van der Waals surface area contributed by atoms with Crippen LogP contribution in [0.15, 0.2) is 96.6 Å². The van der Waals surface area contributed by atoms with Gasteiger partial charge in [-0.15, -0.1) is 0 Å². The van der Waals surface area contributed by atoms with Gasteiger partial charge in [0.25, 0.3) is 5.91 Å². The first-order chi connectivity index (χ1) is 16.2. The summed E-state index contributed by atoms with van der Waals surface area (Å²) in [5, 5.41) is 14.7. The lowest BCUT2D eigenvalue weighted by molar-refractivity contribution is -0.112. The lowest BCUT2D eigenvalue weighted by Gasteiger charge is -2.12. The van der Waals surface area contributed by atoms with Gasteiger partial charge < -0.3 is 10.1 Å². The van der Waals surface area contributed by atoms with Crippen LogP contribution < -0.4 is 10.1 Å². The monoisotopic (exact) mass is 432 g/mol. The number of fused-ring (bicyclic) bond motifs is 1. The molecule has 4 aromatic carbocycles. The molecule has 0 saturated carbocycles. The average Bonchev–Trinajstić information content (AvgIpc) is 2.87. The molecule has 0 heterocycles. The fourth-order valence-electron chi connectivity index (χ4n) is 3.63. The van der Waals surface area contributed by atoms with E-state index in [1.807, 2.05) is 78.9 Å². The third kappa shape index (κ3) is 5.28. The molecule has 0 saturated heterocycles. The van der Waals surface area contributed by atoms with Gasteiger partial charge in [0, 0.05) is 11.3 Å². The summed E-state index contributed by atoms with van der Waals surface area (Å²) in [6.07, 6.45) is 2.49. The number of hydrogen-bond donors (Lipinski definition) is 1. The summed E-state index contributed by atoms with van der Waals surface area (Å²) in [6.45, 7) is 2.45. The Morgan fingerprint density at radius 3 is 2.45 bits per heavy atom. The number of aryl methyl sites for hydroxylation is 1. The fraction of sp³-hybridized carbons (Fsp3) is 0.103. The van der Waals surface area contributed by atoms with Gasteiger partial charge in [0.05, 0.1) is 0 Å². The minimum Gasteiger partial charge on any atom is -0.488 e. The molecule has 4 heteroatoms. The van der Waals surface area contributed by atoms with Crippen molar-refractivity contribution in [3.05, 3.63) is 113 Å². The summed E-state index contributed by atoms with van der Waals surface area (Å²) in [5.41, 5.74) is 3.59. The molecule has 1 amide bonds. The van der Waals surface area contributed by atoms with Crippen LogP contribution in [0.5, 0.6) is 5.75 Å². The molecule has 0 aliphatic rings. The number of ether oxygens (including phenoxy) is 1. The van der Waals surface area contributed by atoms with E-state index in [0.717, 1.165) is 22.8 Å². The van der Waals surface area contributed by atoms with Crippen molar-refractivity contribution in [3.8, 4) is 11.8 Å². The zero-order chi connectivity index (χ0) is 23.0. The fourth-order valence-corrected chi connectivity index (χ4v) is 3.63. The minimum atomic E-state index is -0.453. The maximum absolute atomic E-state index is 12.7. The number of carbonyl (C=O) groups excluding carboxylic acids is 1. The van der Waals surface area contributed by atoms with E-state index in [-0.39, 0.29) is 5.57 Å². The molecule has 33 heavy (non-hydrogen) atoms. The number of carbonyl (C=O) groups is 1. The number of nitrogens with one attached hydrogen (secondary N) is 1. The van der Waals surface area contributed by atoms with Crippen molar-refractivity contribution >= 4 is 28.4 Å². The van der Waals surface area contributed by atoms with Crippen LogP contribution in [0.4, 0.5) is 5.69 Å². The standard InChI is InChI=1S/C29H24N2O2/c1-2-21-14-16-26(17-15-21)31-29(32)25(19-30)18-23-9-4-6-13-28(23)33-20-24-11-7-10-22-8-3-5-12-27(22)24/h3-18H,2,20H2,1H3,(H,31,32)/b25-18+. The normalized spacial score (nSPS) is 11.1. The Labute approximate surface area is 193 Å². The van der Waals surface area contributed by atoms with Gasteiger partial charge in [-0.1, -0.05) is 79.7 Å². The van der Waals surface area contributed by atoms with Crippen LogP contribution in [0.1, 0.15) is 23.6 Å². The molecule has 0 aliphatic carbocycles. The number of nitrogens with zero attached hydrogens (tertiary/aromatic N) is 1. The van der Waals surface area contributed by atoms with Gasteiger partial charge in [-0.2, -0.15) is 5.26 Å². The molecule has 0 atom stereocenters. The number of rotatable bonds is 7. The van der Waals surface area contributed by atoms with Gasteiger partial charge in [0.15, 0.2) is 0 Å². The summed E-state index contributed by atoms with van der Waals surface area (Å²) in [6, 6.07) is 31.3. The second kappa shape index (κ2) is 10.3.